The molecule has 1 heterocycles. The number of hydrogen-bond acceptors (Lipinski definition) is 4. The van der Waals surface area contributed by atoms with Crippen LogP contribution in [0.5, 0.6) is 0 Å². The second-order valence-corrected chi connectivity index (χ2v) is 7.92. The van der Waals surface area contributed by atoms with Gasteiger partial charge in [0.05, 0.1) is 18.0 Å². The third-order valence-electron chi connectivity index (χ3n) is 5.24. The fourth-order valence-corrected chi connectivity index (χ4v) is 3.67. The molecule has 0 aliphatic heterocycles. The molecule has 3 aromatic rings. The van der Waals surface area contributed by atoms with Crippen LogP contribution < -0.4 is 5.32 Å². The zero-order valence-electron chi connectivity index (χ0n) is 18.7. The van der Waals surface area contributed by atoms with E-state index < -0.39 is 11.7 Å². The molecular weight excluding hydrogens is 522 g/mol. The molecule has 9 heteroatoms. The summed E-state index contributed by atoms with van der Waals surface area (Å²) >= 11 is 6.09. The van der Waals surface area contributed by atoms with Gasteiger partial charge in [-0.2, -0.15) is 0 Å². The zero-order chi connectivity index (χ0) is 23.3. The second-order valence-electron chi connectivity index (χ2n) is 7.52. The molecule has 2 aromatic carbocycles. The van der Waals surface area contributed by atoms with E-state index in [0.717, 1.165) is 11.8 Å². The fourth-order valence-electron chi connectivity index (χ4n) is 3.49. The van der Waals surface area contributed by atoms with Gasteiger partial charge in [-0.1, -0.05) is 29.8 Å². The number of fused-ring (bicyclic) bond motifs is 1. The average molecular weight is 546 g/mol. The molecule has 1 amide bonds. The minimum atomic E-state index is -0.579. The number of benzene rings is 2. The molecule has 1 atom stereocenters. The van der Waals surface area contributed by atoms with E-state index in [2.05, 4.69) is 15.8 Å². The van der Waals surface area contributed by atoms with Gasteiger partial charge >= 0.3 is 0 Å². The number of nitrogens with zero attached hydrogens (tertiary/aromatic N) is 2. The van der Waals surface area contributed by atoms with Crippen LogP contribution in [0.15, 0.2) is 36.4 Å². The number of nitrogens with one attached hydrogen (secondary N) is 1. The molecule has 0 spiro atoms. The molecule has 1 unspecified atom stereocenters. The molecule has 0 saturated carbocycles. The van der Waals surface area contributed by atoms with Crippen molar-refractivity contribution < 1.29 is 51.5 Å². The van der Waals surface area contributed by atoms with E-state index in [1.165, 1.54) is 13.1 Å². The van der Waals surface area contributed by atoms with Crippen molar-refractivity contribution in [3.63, 3.8) is 0 Å². The monoisotopic (exact) mass is 545 g/mol. The number of aldehydes is 1. The Kier molecular flexibility index (Phi) is 10.4. The van der Waals surface area contributed by atoms with Gasteiger partial charge in [0.2, 0.25) is 5.91 Å². The normalized spacial score (nSPS) is 11.5. The molecule has 0 aliphatic carbocycles. The Bertz CT molecular complexity index is 1160. The van der Waals surface area contributed by atoms with Crippen molar-refractivity contribution in [1.82, 2.24) is 10.3 Å². The molecule has 3 rings (SSSR count). The largest absolute Gasteiger partial charge is 0.562 e. The summed E-state index contributed by atoms with van der Waals surface area (Å²) in [5, 5.41) is 3.49. The average Bonchev–Trinajstić information content (AvgIpc) is 2.76. The summed E-state index contributed by atoms with van der Waals surface area (Å²) in [5.74, 6) is -1.29. The maximum absolute atomic E-state index is 14.9. The van der Waals surface area contributed by atoms with Crippen molar-refractivity contribution >= 4 is 40.4 Å². The molecule has 33 heavy (non-hydrogen) atoms. The number of halogens is 2. The van der Waals surface area contributed by atoms with Crippen molar-refractivity contribution in [3.8, 4) is 0 Å². The SMILES string of the molecule is CNC(=O)C(CCC=O)c1cc2c(F)cc(CO[N-]c3ccc(C)c(Cl)c3)cc2nc1C.[Y]. The Morgan fingerprint density at radius 3 is 2.70 bits per heavy atom. The maximum atomic E-state index is 14.9. The molecule has 171 valence electrons. The van der Waals surface area contributed by atoms with Crippen LogP contribution >= 0.6 is 11.6 Å². The summed E-state index contributed by atoms with van der Waals surface area (Å²) in [5.41, 5.74) is 7.76. The molecular formula is C24H24ClFN3O3Y-. The first-order chi connectivity index (χ1) is 15.3. The van der Waals surface area contributed by atoms with Crippen LogP contribution in [0.25, 0.3) is 16.4 Å². The van der Waals surface area contributed by atoms with E-state index in [4.69, 9.17) is 16.4 Å². The van der Waals surface area contributed by atoms with Gasteiger partial charge in [0.15, 0.2) is 0 Å². The Morgan fingerprint density at radius 1 is 1.27 bits per heavy atom. The molecule has 0 bridgehead atoms. The van der Waals surface area contributed by atoms with E-state index >= 15 is 0 Å². The first-order valence-electron chi connectivity index (χ1n) is 10.2. The van der Waals surface area contributed by atoms with Crippen molar-refractivity contribution in [1.29, 1.82) is 0 Å². The van der Waals surface area contributed by atoms with Gasteiger partial charge in [-0.3, -0.25) is 9.78 Å². The van der Waals surface area contributed by atoms with Gasteiger partial charge in [-0.15, -0.1) is 5.69 Å². The minimum Gasteiger partial charge on any atom is -0.562 e. The summed E-state index contributed by atoms with van der Waals surface area (Å²) < 4.78 is 14.9. The number of pyridine rings is 1. The maximum Gasteiger partial charge on any atom is 0.227 e. The molecule has 6 nitrogen and oxygen atoms in total. The van der Waals surface area contributed by atoms with Gasteiger partial charge in [-0.25, -0.2) is 4.39 Å². The topological polar surface area (TPSA) is 82.4 Å². The number of amides is 1. The van der Waals surface area contributed by atoms with E-state index in [-0.39, 0.29) is 51.6 Å². The number of rotatable bonds is 9. The molecule has 0 fully saturated rings. The van der Waals surface area contributed by atoms with E-state index in [9.17, 15) is 14.0 Å². The number of aryl methyl sites for hydroxylation is 2. The minimum absolute atomic E-state index is 0. The number of carbonyl (C=O) groups excluding carboxylic acids is 2. The first kappa shape index (κ1) is 27.3. The summed E-state index contributed by atoms with van der Waals surface area (Å²) in [6, 6.07) is 10.0. The Morgan fingerprint density at radius 2 is 2.03 bits per heavy atom. The molecule has 0 aliphatic rings. The van der Waals surface area contributed by atoms with Gasteiger partial charge in [-0.05, 0) is 55.2 Å². The predicted octanol–water partition coefficient (Wildman–Crippen LogP) is 5.59. The molecule has 1 aromatic heterocycles. The standard InChI is InChI=1S/C24H24ClFN3O3.Y/c1-14-6-7-17(11-21(14)25)29-32-13-16-9-22(26)20-12-19(15(2)28-23(20)10-16)18(5-4-8-30)24(31)27-3;/h6-12,18H,4-5,13H2,1-3H3,(H,27,31);/q-1;. The smallest absolute Gasteiger partial charge is 0.227 e. The quantitative estimate of drug-likeness (QED) is 0.281. The van der Waals surface area contributed by atoms with Crippen LogP contribution in [0.1, 0.15) is 41.1 Å². The van der Waals surface area contributed by atoms with Crippen LogP contribution in [0.3, 0.4) is 0 Å². The zero-order valence-corrected chi connectivity index (χ0v) is 22.3. The van der Waals surface area contributed by atoms with Crippen molar-refractivity contribution in [3.05, 3.63) is 75.1 Å². The van der Waals surface area contributed by atoms with Crippen molar-refractivity contribution in [2.24, 2.45) is 0 Å². The van der Waals surface area contributed by atoms with Gasteiger partial charge < -0.3 is 20.4 Å². The van der Waals surface area contributed by atoms with Crippen LogP contribution in [0.4, 0.5) is 10.1 Å². The van der Waals surface area contributed by atoms with E-state index in [1.807, 2.05) is 13.0 Å². The van der Waals surface area contributed by atoms with Crippen LogP contribution in [0, 0.1) is 19.7 Å². The van der Waals surface area contributed by atoms with Crippen molar-refractivity contribution in [2.75, 3.05) is 7.05 Å². The third kappa shape index (κ3) is 6.79. The number of aromatic nitrogens is 1. The van der Waals surface area contributed by atoms with E-state index in [1.54, 1.807) is 31.2 Å². The Hall–Kier alpha value is -1.93. The van der Waals surface area contributed by atoms with Gasteiger partial charge in [0.1, 0.15) is 12.1 Å². The summed E-state index contributed by atoms with van der Waals surface area (Å²) in [7, 11) is 1.53. The van der Waals surface area contributed by atoms with E-state index in [0.29, 0.717) is 44.9 Å². The molecule has 1 N–H and O–H groups in total. The number of likely N-dealkylation sites (N-methyl/N-ethyl adjacent to an activating group) is 1. The number of carbonyl (C=O) groups is 2. The number of hydrogen-bond donors (Lipinski definition) is 1. The van der Waals surface area contributed by atoms with Crippen LogP contribution in [-0.2, 0) is 53.7 Å². The Balaban J connectivity index is 0.00000385. The summed E-state index contributed by atoms with van der Waals surface area (Å²) in [6.45, 7) is 3.72. The first-order valence-corrected chi connectivity index (χ1v) is 10.6. The van der Waals surface area contributed by atoms with Crippen LogP contribution in [0.2, 0.25) is 5.02 Å². The van der Waals surface area contributed by atoms with Gasteiger partial charge in [0, 0.05) is 62.3 Å². The summed E-state index contributed by atoms with van der Waals surface area (Å²) in [6.07, 6.45) is 1.32. The molecule has 1 radical (unpaired) electrons. The summed E-state index contributed by atoms with van der Waals surface area (Å²) in [4.78, 5) is 33.0. The fraction of sp³-hybridized carbons (Fsp3) is 0.292. The van der Waals surface area contributed by atoms with Crippen molar-refractivity contribution in [2.45, 2.75) is 39.2 Å². The van der Waals surface area contributed by atoms with Gasteiger partial charge in [0.25, 0.3) is 0 Å². The van der Waals surface area contributed by atoms with Crippen LogP contribution in [-0.4, -0.2) is 24.2 Å². The second kappa shape index (κ2) is 12.5. The third-order valence-corrected chi connectivity index (χ3v) is 5.65. The molecule has 0 saturated heterocycles. The predicted molar refractivity (Wildman–Crippen MR) is 123 cm³/mol. The Labute approximate surface area is 222 Å².